The molecule has 5 atom stereocenters. The van der Waals surface area contributed by atoms with E-state index in [9.17, 15) is 24.0 Å². The molecule has 15 nitrogen and oxygen atoms in total. The molecule has 1 heterocycles. The molecule has 3 rings (SSSR count). The van der Waals surface area contributed by atoms with Crippen LogP contribution >= 0.6 is 0 Å². The summed E-state index contributed by atoms with van der Waals surface area (Å²) in [6, 6.07) is 18.5. The standard InChI is InChI=1S/C43H61N7O8/c1-27(2)34(44)39(53)58-33(32(24-28-16-12-11-13-17-28)46-37(51)35(42(3,4)5)47-40(54)56-9)26-50(49-38(52)36(43(6,7)8)48-41(55)57-10)25-29-19-21-30(22-20-29)31-18-14-15-23-45-31/h11-23,27,32-36H,24-26,44H2,1-10H3,(H,46,51)(H,47,54)(H,48,55)(H,49,52)/t32-,33-,34+,35+,36+/m0/s1. The lowest BCUT2D eigenvalue weighted by Crippen LogP contribution is -2.61. The van der Waals surface area contributed by atoms with Crippen molar-refractivity contribution in [3.8, 4) is 11.3 Å². The normalized spacial score (nSPS) is 14.3. The minimum absolute atomic E-state index is 0.105. The van der Waals surface area contributed by atoms with Crippen LogP contribution in [0.2, 0.25) is 0 Å². The van der Waals surface area contributed by atoms with Crippen molar-refractivity contribution in [2.75, 3.05) is 20.8 Å². The fourth-order valence-electron chi connectivity index (χ4n) is 5.98. The molecule has 58 heavy (non-hydrogen) atoms. The average Bonchev–Trinajstić information content (AvgIpc) is 3.17. The smallest absolute Gasteiger partial charge is 0.407 e. The summed E-state index contributed by atoms with van der Waals surface area (Å²) in [4.78, 5) is 71.4. The van der Waals surface area contributed by atoms with Crippen LogP contribution < -0.4 is 27.1 Å². The van der Waals surface area contributed by atoms with E-state index in [0.717, 1.165) is 22.4 Å². The monoisotopic (exact) mass is 803 g/mol. The van der Waals surface area contributed by atoms with E-state index < -0.39 is 71.1 Å². The maximum Gasteiger partial charge on any atom is 0.407 e. The number of amides is 4. The molecule has 0 aliphatic heterocycles. The van der Waals surface area contributed by atoms with Gasteiger partial charge in [-0.3, -0.25) is 24.8 Å². The summed E-state index contributed by atoms with van der Waals surface area (Å²) in [5.74, 6) is -2.11. The number of nitrogens with zero attached hydrogens (tertiary/aromatic N) is 2. The number of alkyl carbamates (subject to hydrolysis) is 2. The van der Waals surface area contributed by atoms with E-state index in [0.29, 0.717) is 0 Å². The number of nitrogens with one attached hydrogen (secondary N) is 4. The summed E-state index contributed by atoms with van der Waals surface area (Å²) in [5.41, 5.74) is 11.0. The molecular weight excluding hydrogens is 743 g/mol. The van der Waals surface area contributed by atoms with Crippen molar-refractivity contribution in [2.24, 2.45) is 22.5 Å². The first-order valence-corrected chi connectivity index (χ1v) is 19.3. The van der Waals surface area contributed by atoms with E-state index in [1.165, 1.54) is 14.2 Å². The largest absolute Gasteiger partial charge is 0.458 e. The second-order valence-electron chi connectivity index (χ2n) is 16.7. The fraction of sp³-hybridized carbons (Fsp3) is 0.488. The third kappa shape index (κ3) is 14.4. The lowest BCUT2D eigenvalue weighted by molar-refractivity contribution is -0.156. The third-order valence-corrected chi connectivity index (χ3v) is 9.44. The highest BCUT2D eigenvalue weighted by Crippen LogP contribution is 2.23. The maximum atomic E-state index is 14.2. The molecule has 316 valence electrons. The Bertz CT molecular complexity index is 1800. The Kier molecular flexibility index (Phi) is 17.2. The Morgan fingerprint density at radius 3 is 1.78 bits per heavy atom. The molecule has 0 saturated heterocycles. The number of carbonyl (C=O) groups excluding carboxylic acids is 5. The Morgan fingerprint density at radius 2 is 1.28 bits per heavy atom. The van der Waals surface area contributed by atoms with Gasteiger partial charge in [0.15, 0.2) is 0 Å². The molecular formula is C43H61N7O8. The van der Waals surface area contributed by atoms with Crippen molar-refractivity contribution in [1.29, 1.82) is 0 Å². The van der Waals surface area contributed by atoms with Crippen LogP contribution in [0, 0.1) is 16.7 Å². The first-order chi connectivity index (χ1) is 27.2. The molecule has 0 fully saturated rings. The van der Waals surface area contributed by atoms with Gasteiger partial charge in [-0.25, -0.2) is 14.6 Å². The molecule has 4 amide bonds. The summed E-state index contributed by atoms with van der Waals surface area (Å²) in [5, 5.41) is 9.90. The molecule has 3 aromatic rings. The van der Waals surface area contributed by atoms with Crippen molar-refractivity contribution in [2.45, 2.75) is 98.6 Å². The van der Waals surface area contributed by atoms with Crippen molar-refractivity contribution in [3.63, 3.8) is 0 Å². The number of nitrogens with two attached hydrogens (primary N) is 1. The minimum atomic E-state index is -1.13. The van der Waals surface area contributed by atoms with Gasteiger partial charge in [-0.2, -0.15) is 0 Å². The van der Waals surface area contributed by atoms with Crippen LogP contribution in [-0.2, 0) is 41.6 Å². The lowest BCUT2D eigenvalue weighted by Gasteiger charge is -2.37. The molecule has 0 saturated carbocycles. The van der Waals surface area contributed by atoms with E-state index in [-0.39, 0.29) is 25.4 Å². The van der Waals surface area contributed by atoms with Gasteiger partial charge >= 0.3 is 18.2 Å². The number of ether oxygens (including phenoxy) is 3. The van der Waals surface area contributed by atoms with Crippen LogP contribution in [0.5, 0.6) is 0 Å². The van der Waals surface area contributed by atoms with Crippen LogP contribution in [0.15, 0.2) is 79.0 Å². The number of aromatic nitrogens is 1. The van der Waals surface area contributed by atoms with Crippen LogP contribution in [0.1, 0.15) is 66.5 Å². The second kappa shape index (κ2) is 21.3. The number of pyridine rings is 1. The van der Waals surface area contributed by atoms with Crippen molar-refractivity contribution < 1.29 is 38.2 Å². The molecule has 0 bridgehead atoms. The zero-order chi connectivity index (χ0) is 43.2. The predicted molar refractivity (Wildman–Crippen MR) is 221 cm³/mol. The molecule has 0 aliphatic carbocycles. The maximum absolute atomic E-state index is 14.2. The molecule has 0 unspecified atom stereocenters. The second-order valence-corrected chi connectivity index (χ2v) is 16.7. The summed E-state index contributed by atoms with van der Waals surface area (Å²) in [7, 11) is 2.42. The number of hydrogen-bond acceptors (Lipinski definition) is 11. The molecule has 0 aliphatic rings. The van der Waals surface area contributed by atoms with Crippen LogP contribution in [-0.4, -0.2) is 91.0 Å². The Hall–Kier alpha value is -5.54. The number of carbonyl (C=O) groups is 5. The number of esters is 1. The zero-order valence-corrected chi connectivity index (χ0v) is 35.3. The van der Waals surface area contributed by atoms with Gasteiger partial charge < -0.3 is 35.9 Å². The molecule has 0 radical (unpaired) electrons. The lowest BCUT2D eigenvalue weighted by atomic mass is 9.85. The third-order valence-electron chi connectivity index (χ3n) is 9.44. The van der Waals surface area contributed by atoms with E-state index >= 15 is 0 Å². The Morgan fingerprint density at radius 1 is 0.724 bits per heavy atom. The number of methoxy groups -OCH3 is 2. The highest BCUT2D eigenvalue weighted by molar-refractivity contribution is 5.87. The van der Waals surface area contributed by atoms with Gasteiger partial charge in [0.1, 0.15) is 24.2 Å². The van der Waals surface area contributed by atoms with E-state index in [1.807, 2.05) is 72.8 Å². The summed E-state index contributed by atoms with van der Waals surface area (Å²) in [6.07, 6.45) is -0.819. The Balaban J connectivity index is 2.16. The van der Waals surface area contributed by atoms with Crippen molar-refractivity contribution >= 4 is 30.0 Å². The molecule has 15 heteroatoms. The number of hydrogen-bond donors (Lipinski definition) is 5. The number of rotatable bonds is 17. The summed E-state index contributed by atoms with van der Waals surface area (Å²) < 4.78 is 15.9. The Labute approximate surface area is 342 Å². The molecule has 1 aromatic heterocycles. The van der Waals surface area contributed by atoms with E-state index in [1.54, 1.807) is 66.6 Å². The van der Waals surface area contributed by atoms with E-state index in [2.05, 4.69) is 26.4 Å². The molecule has 0 spiro atoms. The molecule has 6 N–H and O–H groups in total. The number of benzene rings is 2. The zero-order valence-electron chi connectivity index (χ0n) is 35.3. The highest BCUT2D eigenvalue weighted by atomic mass is 16.6. The van der Waals surface area contributed by atoms with Gasteiger partial charge in [0.25, 0.3) is 5.91 Å². The van der Waals surface area contributed by atoms with Crippen molar-refractivity contribution in [3.05, 3.63) is 90.1 Å². The van der Waals surface area contributed by atoms with Gasteiger partial charge in [-0.05, 0) is 46.4 Å². The van der Waals surface area contributed by atoms with Gasteiger partial charge in [-0.1, -0.05) is 116 Å². The van der Waals surface area contributed by atoms with E-state index in [4.69, 9.17) is 19.9 Å². The van der Waals surface area contributed by atoms with Crippen LogP contribution in [0.3, 0.4) is 0 Å². The first-order valence-electron chi connectivity index (χ1n) is 19.3. The topological polar surface area (TPSA) is 203 Å². The SMILES string of the molecule is COC(=O)N[C@H](C(=O)N[C@@H](Cc1ccccc1)[C@H](CN(Cc1ccc(-c2ccccn2)cc1)NC(=O)[C@@H](NC(=O)OC)C(C)(C)C)OC(=O)[C@H](N)C(C)C)C(C)(C)C. The summed E-state index contributed by atoms with van der Waals surface area (Å²) in [6.45, 7) is 14.3. The first kappa shape index (κ1) is 46.8. The van der Waals surface area contributed by atoms with Crippen LogP contribution in [0.4, 0.5) is 9.59 Å². The fourth-order valence-corrected chi connectivity index (χ4v) is 5.98. The van der Waals surface area contributed by atoms with Crippen molar-refractivity contribution in [1.82, 2.24) is 31.4 Å². The van der Waals surface area contributed by atoms with Gasteiger partial charge in [-0.15, -0.1) is 0 Å². The van der Waals surface area contributed by atoms with Gasteiger partial charge in [0.2, 0.25) is 5.91 Å². The average molecular weight is 804 g/mol. The minimum Gasteiger partial charge on any atom is -0.458 e. The quantitative estimate of drug-likeness (QED) is 0.0716. The summed E-state index contributed by atoms with van der Waals surface area (Å²) >= 11 is 0. The number of hydrazine groups is 1. The highest BCUT2D eigenvalue weighted by Gasteiger charge is 2.39. The van der Waals surface area contributed by atoms with Gasteiger partial charge in [0, 0.05) is 18.3 Å². The predicted octanol–water partition coefficient (Wildman–Crippen LogP) is 4.75. The van der Waals surface area contributed by atoms with Crippen LogP contribution in [0.25, 0.3) is 11.3 Å². The molecule has 2 aromatic carbocycles. The van der Waals surface area contributed by atoms with Gasteiger partial charge in [0.05, 0.1) is 32.5 Å².